The van der Waals surface area contributed by atoms with Gasteiger partial charge in [-0.2, -0.15) is 10.1 Å². The first-order valence-corrected chi connectivity index (χ1v) is 10.1. The molecule has 7 nitrogen and oxygen atoms in total. The molecular formula is C22H25F2N7. The maximum absolute atomic E-state index is 13.5. The van der Waals surface area contributed by atoms with Crippen molar-refractivity contribution >= 4 is 17.7 Å². The van der Waals surface area contributed by atoms with Gasteiger partial charge in [-0.15, -0.1) is 0 Å². The third-order valence-corrected chi connectivity index (χ3v) is 5.37. The van der Waals surface area contributed by atoms with E-state index in [1.54, 1.807) is 10.9 Å². The number of hydrogen-bond donors (Lipinski definition) is 1. The lowest BCUT2D eigenvalue weighted by Crippen LogP contribution is -2.46. The Bertz CT molecular complexity index is 1060. The van der Waals surface area contributed by atoms with Crippen molar-refractivity contribution in [3.63, 3.8) is 0 Å². The van der Waals surface area contributed by atoms with Gasteiger partial charge in [0.1, 0.15) is 11.6 Å². The van der Waals surface area contributed by atoms with Crippen molar-refractivity contribution in [1.29, 1.82) is 0 Å². The molecule has 1 aliphatic heterocycles. The Hall–Kier alpha value is -3.33. The van der Waals surface area contributed by atoms with E-state index in [9.17, 15) is 8.78 Å². The Kier molecular flexibility index (Phi) is 5.94. The van der Waals surface area contributed by atoms with Gasteiger partial charge in [0.2, 0.25) is 5.95 Å². The highest BCUT2D eigenvalue weighted by atomic mass is 19.1. The van der Waals surface area contributed by atoms with Crippen LogP contribution in [0, 0.1) is 25.5 Å². The molecule has 3 aromatic rings. The van der Waals surface area contributed by atoms with Crippen LogP contribution in [0.15, 0.2) is 36.5 Å². The minimum atomic E-state index is -0.545. The van der Waals surface area contributed by atoms with Gasteiger partial charge in [0.15, 0.2) is 5.82 Å². The zero-order valence-electron chi connectivity index (χ0n) is 17.6. The Morgan fingerprint density at radius 3 is 2.39 bits per heavy atom. The molecule has 9 heteroatoms. The van der Waals surface area contributed by atoms with Crippen LogP contribution in [0.25, 0.3) is 11.9 Å². The van der Waals surface area contributed by atoms with E-state index < -0.39 is 11.6 Å². The largest absolute Gasteiger partial charge is 0.369 e. The van der Waals surface area contributed by atoms with Gasteiger partial charge in [0.05, 0.1) is 11.9 Å². The molecule has 0 spiro atoms. The maximum atomic E-state index is 13.5. The number of aryl methyl sites for hydroxylation is 1. The van der Waals surface area contributed by atoms with Gasteiger partial charge in [0.25, 0.3) is 0 Å². The van der Waals surface area contributed by atoms with Crippen molar-refractivity contribution in [3.8, 4) is 5.82 Å². The number of benzene rings is 1. The SMILES string of the molecule is Cc1cc(-n2ncc(/C=C/CN3CCN(c4cc(F)cc(F)c4)CC3)c2C)nc(N)n1. The van der Waals surface area contributed by atoms with Gasteiger partial charge in [-0.1, -0.05) is 12.2 Å². The second-order valence-electron chi connectivity index (χ2n) is 7.64. The van der Waals surface area contributed by atoms with Gasteiger partial charge in [0, 0.05) is 61.8 Å². The Morgan fingerprint density at radius 1 is 1.00 bits per heavy atom. The minimum Gasteiger partial charge on any atom is -0.369 e. The predicted octanol–water partition coefficient (Wildman–Crippen LogP) is 2.97. The average molecular weight is 425 g/mol. The molecule has 1 aromatic carbocycles. The standard InChI is InChI=1S/C22H25F2N7/c1-15-10-21(28-22(25)27-15)31-16(2)17(14-26-31)4-3-5-29-6-8-30(9-7-29)20-12-18(23)11-19(24)13-20/h3-4,10-14H,5-9H2,1-2H3,(H2,25,27,28)/b4-3+. The monoisotopic (exact) mass is 425 g/mol. The summed E-state index contributed by atoms with van der Waals surface area (Å²) in [6, 6.07) is 5.50. The van der Waals surface area contributed by atoms with E-state index in [1.807, 2.05) is 30.9 Å². The summed E-state index contributed by atoms with van der Waals surface area (Å²) in [5.74, 6) is -0.221. The quantitative estimate of drug-likeness (QED) is 0.677. The number of halogens is 2. The van der Waals surface area contributed by atoms with Crippen molar-refractivity contribution in [2.75, 3.05) is 43.4 Å². The number of aromatic nitrogens is 4. The van der Waals surface area contributed by atoms with Crippen molar-refractivity contribution in [1.82, 2.24) is 24.6 Å². The second kappa shape index (κ2) is 8.81. The molecule has 1 aliphatic rings. The van der Waals surface area contributed by atoms with E-state index in [-0.39, 0.29) is 5.95 Å². The van der Waals surface area contributed by atoms with Crippen molar-refractivity contribution in [2.45, 2.75) is 13.8 Å². The number of hydrogen-bond acceptors (Lipinski definition) is 6. The molecule has 31 heavy (non-hydrogen) atoms. The molecule has 0 saturated carbocycles. The molecule has 0 radical (unpaired) electrons. The first-order chi connectivity index (χ1) is 14.9. The van der Waals surface area contributed by atoms with E-state index in [1.165, 1.54) is 12.1 Å². The summed E-state index contributed by atoms with van der Waals surface area (Å²) in [5, 5.41) is 4.43. The fourth-order valence-corrected chi connectivity index (χ4v) is 3.74. The highest BCUT2D eigenvalue weighted by Gasteiger charge is 2.17. The van der Waals surface area contributed by atoms with E-state index in [0.717, 1.165) is 55.7 Å². The maximum Gasteiger partial charge on any atom is 0.222 e. The average Bonchev–Trinajstić information content (AvgIpc) is 3.07. The fourth-order valence-electron chi connectivity index (χ4n) is 3.74. The highest BCUT2D eigenvalue weighted by Crippen LogP contribution is 2.20. The Balaban J connectivity index is 1.35. The summed E-state index contributed by atoms with van der Waals surface area (Å²) in [5.41, 5.74) is 9.10. The number of nitrogens with two attached hydrogens (primary N) is 1. The summed E-state index contributed by atoms with van der Waals surface area (Å²) in [4.78, 5) is 12.7. The van der Waals surface area contributed by atoms with Crippen molar-refractivity contribution in [3.05, 3.63) is 65.1 Å². The number of nitrogen functional groups attached to an aromatic ring is 1. The van der Waals surface area contributed by atoms with E-state index in [0.29, 0.717) is 11.5 Å². The smallest absolute Gasteiger partial charge is 0.222 e. The van der Waals surface area contributed by atoms with E-state index >= 15 is 0 Å². The predicted molar refractivity (Wildman–Crippen MR) is 117 cm³/mol. The topological polar surface area (TPSA) is 76.1 Å². The van der Waals surface area contributed by atoms with Gasteiger partial charge in [-0.25, -0.2) is 18.4 Å². The van der Waals surface area contributed by atoms with Gasteiger partial charge in [-0.3, -0.25) is 4.90 Å². The number of piperazine rings is 1. The second-order valence-corrected chi connectivity index (χ2v) is 7.64. The van der Waals surface area contributed by atoms with Crippen LogP contribution in [0.4, 0.5) is 20.4 Å². The van der Waals surface area contributed by atoms with Crippen LogP contribution >= 0.6 is 0 Å². The molecule has 0 atom stereocenters. The van der Waals surface area contributed by atoms with Gasteiger partial charge in [-0.05, 0) is 26.0 Å². The molecule has 1 fully saturated rings. The van der Waals surface area contributed by atoms with Crippen LogP contribution in [0.3, 0.4) is 0 Å². The van der Waals surface area contributed by atoms with Crippen LogP contribution < -0.4 is 10.6 Å². The summed E-state index contributed by atoms with van der Waals surface area (Å²) >= 11 is 0. The third-order valence-electron chi connectivity index (χ3n) is 5.37. The van der Waals surface area contributed by atoms with Gasteiger partial charge >= 0.3 is 0 Å². The zero-order valence-corrected chi connectivity index (χ0v) is 17.6. The number of anilines is 2. The van der Waals surface area contributed by atoms with Crippen LogP contribution in [0.5, 0.6) is 0 Å². The van der Waals surface area contributed by atoms with Crippen molar-refractivity contribution in [2.24, 2.45) is 0 Å². The number of rotatable bonds is 5. The molecule has 4 rings (SSSR count). The summed E-state index contributed by atoms with van der Waals surface area (Å²) in [7, 11) is 0. The Labute approximate surface area is 179 Å². The molecule has 2 aromatic heterocycles. The first kappa shape index (κ1) is 20.9. The molecule has 162 valence electrons. The normalized spacial score (nSPS) is 15.2. The number of nitrogens with zero attached hydrogens (tertiary/aromatic N) is 6. The minimum absolute atomic E-state index is 0.224. The van der Waals surface area contributed by atoms with Crippen LogP contribution in [-0.4, -0.2) is 57.4 Å². The van der Waals surface area contributed by atoms with Crippen molar-refractivity contribution < 1.29 is 8.78 Å². The lowest BCUT2D eigenvalue weighted by Gasteiger charge is -2.35. The molecule has 1 saturated heterocycles. The van der Waals surface area contributed by atoms with Gasteiger partial charge < -0.3 is 10.6 Å². The Morgan fingerprint density at radius 2 is 1.71 bits per heavy atom. The molecule has 0 bridgehead atoms. The molecule has 2 N–H and O–H groups in total. The lowest BCUT2D eigenvalue weighted by atomic mass is 10.2. The fraction of sp³-hybridized carbons (Fsp3) is 0.318. The molecule has 3 heterocycles. The molecule has 0 amide bonds. The highest BCUT2D eigenvalue weighted by molar-refractivity contribution is 5.52. The zero-order chi connectivity index (χ0) is 22.0. The summed E-state index contributed by atoms with van der Waals surface area (Å²) < 4.78 is 28.7. The molecule has 0 aliphatic carbocycles. The van der Waals surface area contributed by atoms with Crippen LogP contribution in [-0.2, 0) is 0 Å². The molecule has 0 unspecified atom stereocenters. The summed E-state index contributed by atoms with van der Waals surface area (Å²) in [6.07, 6.45) is 5.95. The third kappa shape index (κ3) is 4.88. The molecular weight excluding hydrogens is 400 g/mol. The van der Waals surface area contributed by atoms with Crippen LogP contribution in [0.2, 0.25) is 0 Å². The van der Waals surface area contributed by atoms with Crippen LogP contribution in [0.1, 0.15) is 17.0 Å². The van der Waals surface area contributed by atoms with E-state index in [2.05, 4.69) is 26.0 Å². The lowest BCUT2D eigenvalue weighted by molar-refractivity contribution is 0.284. The van der Waals surface area contributed by atoms with E-state index in [4.69, 9.17) is 5.73 Å². The first-order valence-electron chi connectivity index (χ1n) is 10.1. The summed E-state index contributed by atoms with van der Waals surface area (Å²) in [6.45, 7) is 7.73.